The van der Waals surface area contributed by atoms with E-state index < -0.39 is 32.4 Å². The molecule has 4 aromatic carbocycles. The molecule has 9 heteroatoms. The van der Waals surface area contributed by atoms with E-state index in [0.717, 1.165) is 28.8 Å². The van der Waals surface area contributed by atoms with Crippen molar-refractivity contribution in [3.05, 3.63) is 170 Å². The fourth-order valence-corrected chi connectivity index (χ4v) is 5.64. The number of nitro groups is 2. The topological polar surface area (TPSA) is 124 Å². The molecule has 1 unspecified atom stereocenters. The van der Waals surface area contributed by atoms with Crippen LogP contribution in [0.25, 0.3) is 0 Å². The van der Waals surface area contributed by atoms with Crippen molar-refractivity contribution < 1.29 is 15.0 Å². The van der Waals surface area contributed by atoms with Crippen LogP contribution in [-0.4, -0.2) is 24.5 Å². The molecular weight excluding hydrogens is 520 g/mol. The maximum atomic E-state index is 13.2. The van der Waals surface area contributed by atoms with Crippen LogP contribution < -0.4 is 0 Å². The summed E-state index contributed by atoms with van der Waals surface area (Å²) in [7, 11) is 0. The maximum absolute atomic E-state index is 13.2. The average molecular weight is 549 g/mol. The minimum absolute atomic E-state index is 0.0701. The van der Waals surface area contributed by atoms with Crippen LogP contribution in [0.2, 0.25) is 0 Å². The maximum Gasteiger partial charge on any atom is 0.346 e. The first-order chi connectivity index (χ1) is 19.8. The summed E-state index contributed by atoms with van der Waals surface area (Å²) in [5, 5.41) is 36.9. The minimum atomic E-state index is -1.80. The Morgan fingerprint density at radius 2 is 1.17 bits per heavy atom. The third kappa shape index (κ3) is 5.48. The number of imidazole rings is 1. The lowest BCUT2D eigenvalue weighted by molar-refractivity contribution is -0.422. The van der Waals surface area contributed by atoms with E-state index in [2.05, 4.69) is 4.98 Å². The quantitative estimate of drug-likeness (QED) is 0.159. The van der Waals surface area contributed by atoms with E-state index in [4.69, 9.17) is 0 Å². The lowest BCUT2D eigenvalue weighted by Gasteiger charge is -2.49. The van der Waals surface area contributed by atoms with Gasteiger partial charge in [0.2, 0.25) is 0 Å². The van der Waals surface area contributed by atoms with Gasteiger partial charge < -0.3 is 9.67 Å². The number of benzene rings is 4. The molecule has 0 aliphatic rings. The van der Waals surface area contributed by atoms with Crippen molar-refractivity contribution in [3.8, 4) is 0 Å². The Hall–Kier alpha value is -5.15. The highest BCUT2D eigenvalue weighted by molar-refractivity contribution is 5.56. The molecule has 1 atom stereocenters. The van der Waals surface area contributed by atoms with E-state index in [9.17, 15) is 25.3 Å². The largest absolute Gasteiger partial charge is 0.382 e. The molecule has 0 aliphatic heterocycles. The fourth-order valence-electron chi connectivity index (χ4n) is 5.64. The van der Waals surface area contributed by atoms with Crippen molar-refractivity contribution in [3.63, 3.8) is 0 Å². The Labute approximate surface area is 236 Å². The second-order valence-electron chi connectivity index (χ2n) is 10.1. The van der Waals surface area contributed by atoms with Crippen molar-refractivity contribution in [1.82, 2.24) is 9.55 Å². The van der Waals surface area contributed by atoms with Gasteiger partial charge >= 0.3 is 11.4 Å². The highest BCUT2D eigenvalue weighted by atomic mass is 16.6. The third-order valence-electron chi connectivity index (χ3n) is 7.60. The van der Waals surface area contributed by atoms with Crippen LogP contribution >= 0.6 is 0 Å². The van der Waals surface area contributed by atoms with Crippen LogP contribution in [0, 0.1) is 20.2 Å². The average Bonchev–Trinajstić information content (AvgIpc) is 3.54. The lowest BCUT2D eigenvalue weighted by atomic mass is 9.65. The van der Waals surface area contributed by atoms with Gasteiger partial charge in [-0.3, -0.25) is 20.2 Å². The lowest BCUT2D eigenvalue weighted by Crippen LogP contribution is -2.57. The van der Waals surface area contributed by atoms with E-state index >= 15 is 0 Å². The fraction of sp³-hybridized carbons (Fsp3) is 0.156. The minimum Gasteiger partial charge on any atom is -0.382 e. The Balaban J connectivity index is 1.84. The zero-order chi connectivity index (χ0) is 28.9. The van der Waals surface area contributed by atoms with Gasteiger partial charge in [0.25, 0.3) is 0 Å². The summed E-state index contributed by atoms with van der Waals surface area (Å²) in [6.07, 6.45) is 5.77. The molecular formula is C32H28N4O5. The van der Waals surface area contributed by atoms with Gasteiger partial charge in [-0.05, 0) is 41.2 Å². The standard InChI is InChI=1S/C32H28N4O5/c37-32(23-27-14-8-3-9-15-27,28-16-17-29(35(38)39)30(20-28)36(40)41)31(34-19-18-33-24-34,21-25-10-4-1-5-11-25)22-26-12-6-2-7-13-26/h1-20,24,37H,21-23H2. The molecule has 0 amide bonds. The van der Waals surface area contributed by atoms with Gasteiger partial charge in [-0.15, -0.1) is 0 Å². The summed E-state index contributed by atoms with van der Waals surface area (Å²) in [6, 6.07) is 32.4. The number of hydrogen-bond donors (Lipinski definition) is 1. The molecule has 0 aliphatic carbocycles. The van der Waals surface area contributed by atoms with Crippen molar-refractivity contribution >= 4 is 11.4 Å². The van der Waals surface area contributed by atoms with Gasteiger partial charge in [0.05, 0.1) is 21.7 Å². The first-order valence-corrected chi connectivity index (χ1v) is 13.1. The van der Waals surface area contributed by atoms with Crippen LogP contribution in [0.15, 0.2) is 128 Å². The Bertz CT molecular complexity index is 1590. The normalized spacial score (nSPS) is 12.9. The van der Waals surface area contributed by atoms with Gasteiger partial charge in [-0.25, -0.2) is 4.98 Å². The number of aromatic nitrogens is 2. The molecule has 0 bridgehead atoms. The van der Waals surface area contributed by atoms with Crippen LogP contribution in [0.3, 0.4) is 0 Å². The number of aliphatic hydroxyl groups is 1. The highest BCUT2D eigenvalue weighted by Crippen LogP contribution is 2.47. The summed E-state index contributed by atoms with van der Waals surface area (Å²) in [5.74, 6) is 0. The first kappa shape index (κ1) is 27.4. The van der Waals surface area contributed by atoms with E-state index in [0.29, 0.717) is 12.8 Å². The molecule has 9 nitrogen and oxygen atoms in total. The van der Waals surface area contributed by atoms with Gasteiger partial charge in [-0.2, -0.15) is 0 Å². The van der Waals surface area contributed by atoms with Crippen LogP contribution in [-0.2, 0) is 30.4 Å². The molecule has 0 radical (unpaired) electrons. The third-order valence-corrected chi connectivity index (χ3v) is 7.60. The van der Waals surface area contributed by atoms with Crippen LogP contribution in [0.5, 0.6) is 0 Å². The molecule has 0 saturated heterocycles. The summed E-state index contributed by atoms with van der Waals surface area (Å²) < 4.78 is 1.86. The second-order valence-corrected chi connectivity index (χ2v) is 10.1. The molecule has 5 aromatic rings. The molecule has 0 saturated carbocycles. The summed E-state index contributed by atoms with van der Waals surface area (Å²) in [6.45, 7) is 0. The first-order valence-electron chi connectivity index (χ1n) is 13.1. The molecule has 41 heavy (non-hydrogen) atoms. The van der Waals surface area contributed by atoms with Crippen molar-refractivity contribution in [2.75, 3.05) is 0 Å². The SMILES string of the molecule is O=[N+]([O-])c1ccc(C(O)(Cc2ccccc2)C(Cc2ccccc2)(Cc2ccccc2)n2ccnc2)cc1[N+](=O)[O-]. The smallest absolute Gasteiger partial charge is 0.346 e. The molecule has 0 spiro atoms. The predicted octanol–water partition coefficient (Wildman–Crippen LogP) is 6.01. The van der Waals surface area contributed by atoms with Crippen LogP contribution in [0.4, 0.5) is 11.4 Å². The van der Waals surface area contributed by atoms with Crippen LogP contribution in [0.1, 0.15) is 22.3 Å². The molecule has 1 aromatic heterocycles. The number of nitrogens with zero attached hydrogens (tertiary/aromatic N) is 4. The Morgan fingerprint density at radius 1 is 0.683 bits per heavy atom. The van der Waals surface area contributed by atoms with E-state index in [-0.39, 0.29) is 12.0 Å². The molecule has 1 N–H and O–H groups in total. The van der Waals surface area contributed by atoms with Crippen molar-refractivity contribution in [1.29, 1.82) is 0 Å². The Kier molecular flexibility index (Phi) is 7.71. The van der Waals surface area contributed by atoms with Gasteiger partial charge in [0, 0.05) is 30.9 Å². The number of nitro benzene ring substituents is 2. The van der Waals surface area contributed by atoms with E-state index in [1.807, 2.05) is 95.6 Å². The number of hydrogen-bond acceptors (Lipinski definition) is 6. The second kappa shape index (κ2) is 11.5. The van der Waals surface area contributed by atoms with Gasteiger partial charge in [0.1, 0.15) is 5.60 Å². The molecule has 0 fully saturated rings. The van der Waals surface area contributed by atoms with Gasteiger partial charge in [0.15, 0.2) is 0 Å². The predicted molar refractivity (Wildman–Crippen MR) is 154 cm³/mol. The molecule has 5 rings (SSSR count). The zero-order valence-corrected chi connectivity index (χ0v) is 22.1. The Morgan fingerprint density at radius 3 is 1.61 bits per heavy atom. The zero-order valence-electron chi connectivity index (χ0n) is 22.1. The molecule has 206 valence electrons. The summed E-state index contributed by atoms with van der Waals surface area (Å²) in [4.78, 5) is 26.5. The summed E-state index contributed by atoms with van der Waals surface area (Å²) in [5.41, 5.74) is -1.45. The molecule has 1 heterocycles. The van der Waals surface area contributed by atoms with Crippen molar-refractivity contribution in [2.24, 2.45) is 0 Å². The highest BCUT2D eigenvalue weighted by Gasteiger charge is 2.53. The monoisotopic (exact) mass is 548 g/mol. The van der Waals surface area contributed by atoms with E-state index in [1.165, 1.54) is 6.07 Å². The van der Waals surface area contributed by atoms with E-state index in [1.54, 1.807) is 18.7 Å². The van der Waals surface area contributed by atoms with Gasteiger partial charge in [-0.1, -0.05) is 91.0 Å². The number of rotatable bonds is 11. The van der Waals surface area contributed by atoms with Crippen molar-refractivity contribution in [2.45, 2.75) is 30.4 Å². The summed E-state index contributed by atoms with van der Waals surface area (Å²) >= 11 is 0.